The summed E-state index contributed by atoms with van der Waals surface area (Å²) in [7, 11) is 3.59. The number of thiophene rings is 1. The maximum Gasteiger partial charge on any atom is 0.193 e. The molecule has 6 nitrogen and oxygen atoms in total. The summed E-state index contributed by atoms with van der Waals surface area (Å²) in [5.41, 5.74) is 1.51. The first-order valence-electron chi connectivity index (χ1n) is 10.0. The van der Waals surface area contributed by atoms with Crippen LogP contribution in [-0.4, -0.2) is 82.0 Å². The number of hydrogen-bond donors (Lipinski definition) is 1. The lowest BCUT2D eigenvalue weighted by atomic mass is 10.1. The third kappa shape index (κ3) is 6.55. The minimum Gasteiger partial charge on any atom is -0.382 e. The lowest BCUT2D eigenvalue weighted by molar-refractivity contribution is 0.0536. The zero-order chi connectivity index (χ0) is 19.1. The van der Waals surface area contributed by atoms with E-state index in [4.69, 9.17) is 9.47 Å². The molecular weight excluding hydrogens is 487 g/mol. The highest BCUT2D eigenvalue weighted by molar-refractivity contribution is 14.0. The Hall–Kier alpha value is -0.420. The average molecular weight is 522 g/mol. The molecule has 0 spiro atoms. The van der Waals surface area contributed by atoms with Gasteiger partial charge in [0.15, 0.2) is 5.96 Å². The lowest BCUT2D eigenvalue weighted by Crippen LogP contribution is -2.48. The molecule has 1 saturated heterocycles. The first-order valence-corrected chi connectivity index (χ1v) is 10.9. The van der Waals surface area contributed by atoms with Crippen molar-refractivity contribution in [2.24, 2.45) is 10.9 Å². The van der Waals surface area contributed by atoms with Crippen molar-refractivity contribution in [3.8, 4) is 0 Å². The lowest BCUT2D eigenvalue weighted by Gasteiger charge is -2.33. The first kappa shape index (κ1) is 23.9. The minimum absolute atomic E-state index is 0. The molecule has 0 bridgehead atoms. The van der Waals surface area contributed by atoms with Gasteiger partial charge >= 0.3 is 0 Å². The summed E-state index contributed by atoms with van der Waals surface area (Å²) in [5, 5.41) is 5.82. The van der Waals surface area contributed by atoms with Gasteiger partial charge < -0.3 is 19.7 Å². The minimum atomic E-state index is 0. The summed E-state index contributed by atoms with van der Waals surface area (Å²) in [4.78, 5) is 11.0. The fourth-order valence-corrected chi connectivity index (χ4v) is 4.79. The number of nitrogens with zero attached hydrogens (tertiary/aromatic N) is 3. The normalized spacial score (nSPS) is 21.3. The van der Waals surface area contributed by atoms with Gasteiger partial charge in [-0.2, -0.15) is 0 Å². The van der Waals surface area contributed by atoms with Crippen LogP contribution in [0.5, 0.6) is 0 Å². The number of ether oxygens (including phenoxy) is 2. The van der Waals surface area contributed by atoms with Crippen LogP contribution in [0.4, 0.5) is 0 Å². The van der Waals surface area contributed by atoms with Crippen molar-refractivity contribution in [1.29, 1.82) is 0 Å². The molecule has 8 heteroatoms. The van der Waals surface area contributed by atoms with Crippen LogP contribution in [0.1, 0.15) is 23.8 Å². The molecule has 3 heterocycles. The van der Waals surface area contributed by atoms with Crippen LogP contribution in [-0.2, 0) is 22.4 Å². The van der Waals surface area contributed by atoms with Crippen LogP contribution >= 0.6 is 35.3 Å². The molecule has 28 heavy (non-hydrogen) atoms. The van der Waals surface area contributed by atoms with Gasteiger partial charge in [0.2, 0.25) is 0 Å². The number of hydrogen-bond acceptors (Lipinski definition) is 5. The van der Waals surface area contributed by atoms with Crippen molar-refractivity contribution >= 4 is 41.3 Å². The Morgan fingerprint density at radius 2 is 2.25 bits per heavy atom. The number of methoxy groups -OCH3 is 1. The van der Waals surface area contributed by atoms with E-state index in [0.29, 0.717) is 25.2 Å². The van der Waals surface area contributed by atoms with E-state index in [-0.39, 0.29) is 24.0 Å². The second kappa shape index (κ2) is 12.3. The third-order valence-corrected chi connectivity index (χ3v) is 6.62. The zero-order valence-corrected chi connectivity index (χ0v) is 20.5. The van der Waals surface area contributed by atoms with Crippen LogP contribution in [0.3, 0.4) is 0 Å². The van der Waals surface area contributed by atoms with Crippen molar-refractivity contribution in [1.82, 2.24) is 15.1 Å². The van der Waals surface area contributed by atoms with Gasteiger partial charge in [-0.15, -0.1) is 35.3 Å². The van der Waals surface area contributed by atoms with Crippen LogP contribution < -0.4 is 5.32 Å². The van der Waals surface area contributed by atoms with E-state index in [1.807, 2.05) is 18.4 Å². The predicted molar refractivity (Wildman–Crippen MR) is 127 cm³/mol. The molecule has 2 aliphatic rings. The molecule has 0 amide bonds. The predicted octanol–water partition coefficient (Wildman–Crippen LogP) is 2.67. The Balaban J connectivity index is 0.00000280. The molecule has 2 unspecified atom stereocenters. The summed E-state index contributed by atoms with van der Waals surface area (Å²) in [6.45, 7) is 9.69. The monoisotopic (exact) mass is 522 g/mol. The van der Waals surface area contributed by atoms with Gasteiger partial charge in [0.05, 0.1) is 19.8 Å². The molecule has 1 N–H and O–H groups in total. The number of likely N-dealkylation sites (tertiary alicyclic amines) is 1. The number of halogens is 1. The van der Waals surface area contributed by atoms with Crippen LogP contribution in [0.2, 0.25) is 0 Å². The smallest absolute Gasteiger partial charge is 0.193 e. The number of guanidine groups is 1. The molecule has 3 rings (SSSR count). The van der Waals surface area contributed by atoms with Crippen molar-refractivity contribution in [2.45, 2.75) is 32.4 Å². The average Bonchev–Trinajstić information content (AvgIpc) is 3.34. The molecular formula is C20H35IN4O2S. The van der Waals surface area contributed by atoms with E-state index >= 15 is 0 Å². The summed E-state index contributed by atoms with van der Waals surface area (Å²) in [5.74, 6) is 1.60. The third-order valence-electron chi connectivity index (χ3n) is 5.60. The van der Waals surface area contributed by atoms with Gasteiger partial charge in [-0.25, -0.2) is 0 Å². The van der Waals surface area contributed by atoms with Gasteiger partial charge in [-0.3, -0.25) is 9.89 Å². The Morgan fingerprint density at radius 1 is 1.39 bits per heavy atom. The first-order chi connectivity index (χ1) is 13.2. The molecule has 160 valence electrons. The fourth-order valence-electron chi connectivity index (χ4n) is 3.90. The molecule has 1 aromatic heterocycles. The summed E-state index contributed by atoms with van der Waals surface area (Å²) < 4.78 is 10.7. The van der Waals surface area contributed by atoms with Gasteiger partial charge in [-0.1, -0.05) is 0 Å². The molecule has 0 aliphatic carbocycles. The molecule has 0 aromatic carbocycles. The quantitative estimate of drug-likeness (QED) is 0.246. The summed E-state index contributed by atoms with van der Waals surface area (Å²) >= 11 is 1.90. The fraction of sp³-hybridized carbons (Fsp3) is 0.750. The van der Waals surface area contributed by atoms with Crippen LogP contribution in [0.15, 0.2) is 16.4 Å². The summed E-state index contributed by atoms with van der Waals surface area (Å²) in [6.07, 6.45) is 2.35. The van der Waals surface area contributed by atoms with Crippen molar-refractivity contribution in [2.75, 3.05) is 60.2 Å². The van der Waals surface area contributed by atoms with E-state index in [0.717, 1.165) is 51.7 Å². The van der Waals surface area contributed by atoms with E-state index in [1.165, 1.54) is 12.0 Å². The Kier molecular flexibility index (Phi) is 10.5. The molecule has 0 radical (unpaired) electrons. The standard InChI is InChI=1S/C20H34N4O2S.HI/c1-16(23-8-5-19-18(14-23)6-11-27-19)12-22-20(21-2)24-7-4-17(13-24)15-26-10-9-25-3;/h6,11,16-17H,4-5,7-10,12-15H2,1-3H3,(H,21,22);1H. The summed E-state index contributed by atoms with van der Waals surface area (Å²) in [6, 6.07) is 2.77. The molecule has 2 aliphatic heterocycles. The van der Waals surface area contributed by atoms with Crippen LogP contribution in [0.25, 0.3) is 0 Å². The van der Waals surface area contributed by atoms with E-state index in [2.05, 4.69) is 38.5 Å². The van der Waals surface area contributed by atoms with Crippen molar-refractivity contribution in [3.63, 3.8) is 0 Å². The van der Waals surface area contributed by atoms with Gasteiger partial charge in [-0.05, 0) is 36.8 Å². The molecule has 1 aromatic rings. The Morgan fingerprint density at radius 3 is 3.04 bits per heavy atom. The van der Waals surface area contributed by atoms with E-state index in [9.17, 15) is 0 Å². The Labute approximate surface area is 190 Å². The molecule has 2 atom stereocenters. The zero-order valence-electron chi connectivity index (χ0n) is 17.4. The highest BCUT2D eigenvalue weighted by Gasteiger charge is 2.26. The Bertz CT molecular complexity index is 613. The number of rotatable bonds is 8. The second-order valence-corrected chi connectivity index (χ2v) is 8.54. The van der Waals surface area contributed by atoms with E-state index < -0.39 is 0 Å². The van der Waals surface area contributed by atoms with E-state index in [1.54, 1.807) is 12.0 Å². The van der Waals surface area contributed by atoms with Crippen molar-refractivity contribution < 1.29 is 9.47 Å². The highest BCUT2D eigenvalue weighted by atomic mass is 127. The molecule has 0 saturated carbocycles. The van der Waals surface area contributed by atoms with Gasteiger partial charge in [0.1, 0.15) is 0 Å². The van der Waals surface area contributed by atoms with Crippen LogP contribution in [0, 0.1) is 5.92 Å². The number of fused-ring (bicyclic) bond motifs is 1. The highest BCUT2D eigenvalue weighted by Crippen LogP contribution is 2.25. The van der Waals surface area contributed by atoms with Gasteiger partial charge in [0, 0.05) is 63.7 Å². The SMILES string of the molecule is CN=C(NCC(C)N1CCc2sccc2C1)N1CCC(COCCOC)C1.I. The second-order valence-electron chi connectivity index (χ2n) is 7.54. The maximum atomic E-state index is 5.70. The number of aliphatic imine (C=N–C) groups is 1. The number of nitrogens with one attached hydrogen (secondary N) is 1. The largest absolute Gasteiger partial charge is 0.382 e. The topological polar surface area (TPSA) is 49.3 Å². The van der Waals surface area contributed by atoms with Crippen molar-refractivity contribution in [3.05, 3.63) is 21.9 Å². The van der Waals surface area contributed by atoms with Gasteiger partial charge in [0.25, 0.3) is 0 Å². The maximum absolute atomic E-state index is 5.70. The molecule has 1 fully saturated rings.